The highest BCUT2D eigenvalue weighted by atomic mass is 35.5. The largest absolute Gasteiger partial charge is 0.467 e. The van der Waals surface area contributed by atoms with Crippen LogP contribution in [0.5, 0.6) is 0 Å². The van der Waals surface area contributed by atoms with Crippen LogP contribution in [-0.4, -0.2) is 28.6 Å². The van der Waals surface area contributed by atoms with E-state index in [0.29, 0.717) is 16.7 Å². The van der Waals surface area contributed by atoms with E-state index >= 15 is 0 Å². The Morgan fingerprint density at radius 3 is 2.35 bits per heavy atom. The molecular formula is C28H28ClN3O5. The summed E-state index contributed by atoms with van der Waals surface area (Å²) in [5.41, 5.74) is 8.46. The van der Waals surface area contributed by atoms with Crippen molar-refractivity contribution in [3.05, 3.63) is 85.7 Å². The molecular weight excluding hydrogens is 494 g/mol. The van der Waals surface area contributed by atoms with Crippen LogP contribution in [0.15, 0.2) is 42.6 Å². The Morgan fingerprint density at radius 1 is 1.16 bits per heavy atom. The Morgan fingerprint density at radius 2 is 1.81 bits per heavy atom. The zero-order chi connectivity index (χ0) is 27.5. The second-order valence-corrected chi connectivity index (χ2v) is 9.81. The van der Waals surface area contributed by atoms with Gasteiger partial charge in [-0.3, -0.25) is 10.1 Å². The molecule has 0 fully saturated rings. The number of anilines is 1. The van der Waals surface area contributed by atoms with Crippen LogP contribution in [0.2, 0.25) is 5.15 Å². The lowest BCUT2D eigenvalue weighted by molar-refractivity contribution is -0.384. The minimum absolute atomic E-state index is 0.117. The van der Waals surface area contributed by atoms with Crippen LogP contribution in [0.1, 0.15) is 54.7 Å². The first-order valence-electron chi connectivity index (χ1n) is 11.4. The summed E-state index contributed by atoms with van der Waals surface area (Å²) in [6.07, 6.45) is 0.223. The fourth-order valence-electron chi connectivity index (χ4n) is 3.92. The van der Waals surface area contributed by atoms with E-state index < -0.39 is 22.6 Å². The first-order valence-corrected chi connectivity index (χ1v) is 11.8. The van der Waals surface area contributed by atoms with Crippen LogP contribution >= 0.6 is 11.6 Å². The van der Waals surface area contributed by atoms with Crippen LogP contribution < -0.4 is 5.73 Å². The van der Waals surface area contributed by atoms with Gasteiger partial charge in [-0.2, -0.15) is 0 Å². The lowest BCUT2D eigenvalue weighted by Gasteiger charge is -2.29. The number of ether oxygens (including phenoxy) is 2. The minimum Gasteiger partial charge on any atom is -0.467 e. The second-order valence-electron chi connectivity index (χ2n) is 9.42. The van der Waals surface area contributed by atoms with Gasteiger partial charge in [0.05, 0.1) is 23.2 Å². The lowest BCUT2D eigenvalue weighted by atomic mass is 9.85. The number of nitrogen functional groups attached to an aromatic ring is 1. The smallest absolute Gasteiger partial charge is 0.339 e. The Hall–Kier alpha value is -3.93. The van der Waals surface area contributed by atoms with Gasteiger partial charge in [0.1, 0.15) is 10.8 Å². The van der Waals surface area contributed by atoms with Gasteiger partial charge in [0, 0.05) is 28.5 Å². The third-order valence-electron chi connectivity index (χ3n) is 5.53. The molecule has 8 nitrogen and oxygen atoms in total. The van der Waals surface area contributed by atoms with Crippen LogP contribution in [0.25, 0.3) is 11.1 Å². The highest BCUT2D eigenvalue weighted by Gasteiger charge is 2.37. The molecule has 2 aromatic carbocycles. The van der Waals surface area contributed by atoms with Crippen molar-refractivity contribution in [2.45, 2.75) is 46.3 Å². The van der Waals surface area contributed by atoms with Crippen molar-refractivity contribution in [2.75, 3.05) is 12.8 Å². The molecule has 9 heteroatoms. The van der Waals surface area contributed by atoms with Gasteiger partial charge in [-0.05, 0) is 52.3 Å². The van der Waals surface area contributed by atoms with Gasteiger partial charge in [-0.15, -0.1) is 0 Å². The maximum atomic E-state index is 13.1. The number of nitrogens with zero attached hydrogens (tertiary/aromatic N) is 2. The molecule has 192 valence electrons. The number of benzene rings is 2. The number of nitro groups is 1. The van der Waals surface area contributed by atoms with Crippen molar-refractivity contribution >= 4 is 28.9 Å². The number of carbonyl (C=O) groups excluding carboxylic acids is 1. The summed E-state index contributed by atoms with van der Waals surface area (Å²) >= 11 is 6.01. The Labute approximate surface area is 220 Å². The molecule has 0 bridgehead atoms. The molecule has 0 spiro atoms. The number of aromatic nitrogens is 1. The molecule has 1 atom stereocenters. The number of hydrogen-bond acceptors (Lipinski definition) is 7. The average Bonchev–Trinajstić information content (AvgIpc) is 2.81. The van der Waals surface area contributed by atoms with Gasteiger partial charge in [-0.1, -0.05) is 53.3 Å². The summed E-state index contributed by atoms with van der Waals surface area (Å²) in [4.78, 5) is 28.6. The second kappa shape index (κ2) is 11.0. The summed E-state index contributed by atoms with van der Waals surface area (Å²) in [6.45, 7) is 8.83. The highest BCUT2D eigenvalue weighted by Crippen LogP contribution is 2.45. The standard InChI is InChI=1S/C28H28ClN3O5/c1-16-7-10-19(11-8-16)23-20(12-9-18-13-14-31-21(29)15-18)24(30)25(32(34)35)17(2)22(23)26(27(33)36-6)37-28(3,4)5/h7-8,10-11,13-15,26H,30H2,1-6H3. The summed E-state index contributed by atoms with van der Waals surface area (Å²) in [6, 6.07) is 10.7. The molecule has 0 saturated heterocycles. The van der Waals surface area contributed by atoms with Gasteiger partial charge in [0.25, 0.3) is 5.69 Å². The molecule has 0 amide bonds. The number of esters is 1. The molecule has 1 aromatic heterocycles. The summed E-state index contributed by atoms with van der Waals surface area (Å²) < 4.78 is 11.2. The molecule has 3 rings (SSSR count). The van der Waals surface area contributed by atoms with Gasteiger partial charge < -0.3 is 15.2 Å². The fraction of sp³-hybridized carbons (Fsp3) is 0.286. The predicted molar refractivity (Wildman–Crippen MR) is 143 cm³/mol. The SMILES string of the molecule is COC(=O)C(OC(C)(C)C)c1c(C)c([N+](=O)[O-])c(N)c(C#Cc2ccnc(Cl)c2)c1-c1ccc(C)cc1. The quantitative estimate of drug-likeness (QED) is 0.110. The molecule has 1 unspecified atom stereocenters. The summed E-state index contributed by atoms with van der Waals surface area (Å²) in [5, 5.41) is 12.4. The topological polar surface area (TPSA) is 118 Å². The molecule has 0 saturated carbocycles. The Kier molecular flexibility index (Phi) is 8.22. The van der Waals surface area contributed by atoms with E-state index in [0.717, 1.165) is 5.56 Å². The average molecular weight is 522 g/mol. The third-order valence-corrected chi connectivity index (χ3v) is 5.74. The molecule has 0 aliphatic heterocycles. The van der Waals surface area contributed by atoms with Gasteiger partial charge in [-0.25, -0.2) is 9.78 Å². The van der Waals surface area contributed by atoms with Crippen LogP contribution in [0, 0.1) is 35.8 Å². The number of nitrogens with two attached hydrogens (primary N) is 1. The number of methoxy groups -OCH3 is 1. The number of nitro benzene ring substituents is 1. The third kappa shape index (κ3) is 6.26. The molecule has 0 aliphatic carbocycles. The highest BCUT2D eigenvalue weighted by molar-refractivity contribution is 6.29. The van der Waals surface area contributed by atoms with E-state index in [1.165, 1.54) is 13.3 Å². The maximum Gasteiger partial charge on any atom is 0.339 e. The number of halogens is 1. The van der Waals surface area contributed by atoms with E-state index in [-0.39, 0.29) is 33.2 Å². The Balaban J connectivity index is 2.51. The molecule has 1 heterocycles. The van der Waals surface area contributed by atoms with Crippen molar-refractivity contribution in [2.24, 2.45) is 0 Å². The number of aryl methyl sites for hydroxylation is 1. The van der Waals surface area contributed by atoms with Crippen LogP contribution in [0.4, 0.5) is 11.4 Å². The number of pyridine rings is 1. The first-order chi connectivity index (χ1) is 17.3. The van der Waals surface area contributed by atoms with Gasteiger partial charge in [0.15, 0.2) is 6.10 Å². The fourth-order valence-corrected chi connectivity index (χ4v) is 4.09. The van der Waals surface area contributed by atoms with Gasteiger partial charge >= 0.3 is 5.97 Å². The monoisotopic (exact) mass is 521 g/mol. The van der Waals surface area contributed by atoms with Crippen molar-refractivity contribution < 1.29 is 19.2 Å². The van der Waals surface area contributed by atoms with E-state index in [1.54, 1.807) is 39.8 Å². The van der Waals surface area contributed by atoms with Crippen molar-refractivity contribution in [1.29, 1.82) is 0 Å². The van der Waals surface area contributed by atoms with Crippen LogP contribution in [-0.2, 0) is 14.3 Å². The molecule has 0 radical (unpaired) electrons. The lowest BCUT2D eigenvalue weighted by Crippen LogP contribution is -2.29. The van der Waals surface area contributed by atoms with E-state index in [2.05, 4.69) is 16.8 Å². The van der Waals surface area contributed by atoms with Crippen molar-refractivity contribution in [3.63, 3.8) is 0 Å². The zero-order valence-corrected chi connectivity index (χ0v) is 22.3. The predicted octanol–water partition coefficient (Wildman–Crippen LogP) is 5.94. The number of hydrogen-bond donors (Lipinski definition) is 1. The van der Waals surface area contributed by atoms with Crippen LogP contribution in [0.3, 0.4) is 0 Å². The number of rotatable bonds is 5. The Bertz CT molecular complexity index is 1420. The van der Waals surface area contributed by atoms with Crippen molar-refractivity contribution in [3.8, 4) is 23.0 Å². The molecule has 37 heavy (non-hydrogen) atoms. The normalized spacial score (nSPS) is 11.9. The van der Waals surface area contributed by atoms with E-state index in [1.807, 2.05) is 31.2 Å². The maximum absolute atomic E-state index is 13.1. The van der Waals surface area contributed by atoms with E-state index in [4.69, 9.17) is 26.8 Å². The molecule has 0 aliphatic rings. The first kappa shape index (κ1) is 27.7. The van der Waals surface area contributed by atoms with E-state index in [9.17, 15) is 14.9 Å². The molecule has 2 N–H and O–H groups in total. The summed E-state index contributed by atoms with van der Waals surface area (Å²) in [5.74, 6) is 5.27. The molecule has 3 aromatic rings. The number of carbonyl (C=O) groups is 1. The van der Waals surface area contributed by atoms with Crippen molar-refractivity contribution in [1.82, 2.24) is 4.98 Å². The minimum atomic E-state index is -1.28. The zero-order valence-electron chi connectivity index (χ0n) is 21.5. The van der Waals surface area contributed by atoms with Gasteiger partial charge in [0.2, 0.25) is 0 Å². The summed E-state index contributed by atoms with van der Waals surface area (Å²) in [7, 11) is 1.24.